The Morgan fingerprint density at radius 3 is 2.33 bits per heavy atom. The van der Waals surface area contributed by atoms with Gasteiger partial charge >= 0.3 is 0 Å². The molecule has 0 amide bonds. The summed E-state index contributed by atoms with van der Waals surface area (Å²) in [6.07, 6.45) is 14.2. The Labute approximate surface area is 112 Å². The Balaban J connectivity index is 2.01. The maximum absolute atomic E-state index is 5.82. The second-order valence-corrected chi connectivity index (χ2v) is 6.22. The number of guanidine groups is 1. The van der Waals surface area contributed by atoms with Crippen LogP contribution < -0.4 is 11.1 Å². The summed E-state index contributed by atoms with van der Waals surface area (Å²) in [5.41, 5.74) is 6.33. The van der Waals surface area contributed by atoms with E-state index in [1.807, 2.05) is 0 Å². The van der Waals surface area contributed by atoms with Crippen LogP contribution in [0.3, 0.4) is 0 Å². The first-order chi connectivity index (χ1) is 8.77. The molecule has 2 saturated carbocycles. The first-order valence-electron chi connectivity index (χ1n) is 7.73. The lowest BCUT2D eigenvalue weighted by atomic mass is 9.61. The molecule has 2 rings (SSSR count). The SMILES string of the molecule is CN=C(N)NCC1(C2CCCCC2)CCCCC1. The second-order valence-electron chi connectivity index (χ2n) is 6.22. The summed E-state index contributed by atoms with van der Waals surface area (Å²) in [7, 11) is 1.76. The number of aliphatic imine (C=N–C) groups is 1. The Hall–Kier alpha value is -0.730. The summed E-state index contributed by atoms with van der Waals surface area (Å²) < 4.78 is 0. The van der Waals surface area contributed by atoms with Crippen LogP contribution in [-0.2, 0) is 0 Å². The van der Waals surface area contributed by atoms with E-state index in [1.54, 1.807) is 7.05 Å². The van der Waals surface area contributed by atoms with Crippen molar-refractivity contribution in [2.45, 2.75) is 64.2 Å². The van der Waals surface area contributed by atoms with Crippen LogP contribution in [0.25, 0.3) is 0 Å². The van der Waals surface area contributed by atoms with Crippen LogP contribution in [-0.4, -0.2) is 19.6 Å². The Bertz CT molecular complexity index is 273. The summed E-state index contributed by atoms with van der Waals surface area (Å²) in [5.74, 6) is 1.53. The van der Waals surface area contributed by atoms with E-state index >= 15 is 0 Å². The molecule has 3 nitrogen and oxygen atoms in total. The van der Waals surface area contributed by atoms with Gasteiger partial charge in [-0.05, 0) is 37.0 Å². The molecule has 0 unspecified atom stereocenters. The molecule has 104 valence electrons. The molecule has 0 aromatic carbocycles. The molecule has 3 heteroatoms. The van der Waals surface area contributed by atoms with Crippen molar-refractivity contribution < 1.29 is 0 Å². The molecule has 0 atom stereocenters. The molecule has 0 aromatic heterocycles. The highest BCUT2D eigenvalue weighted by Crippen LogP contribution is 2.47. The third-order valence-corrected chi connectivity index (χ3v) is 5.18. The molecule has 18 heavy (non-hydrogen) atoms. The lowest BCUT2D eigenvalue weighted by Gasteiger charge is -2.45. The van der Waals surface area contributed by atoms with E-state index < -0.39 is 0 Å². The summed E-state index contributed by atoms with van der Waals surface area (Å²) in [6.45, 7) is 1.04. The van der Waals surface area contributed by atoms with Crippen molar-refractivity contribution in [1.82, 2.24) is 5.32 Å². The van der Waals surface area contributed by atoms with Crippen LogP contribution in [0.15, 0.2) is 4.99 Å². The highest BCUT2D eigenvalue weighted by Gasteiger charge is 2.39. The number of nitrogens with zero attached hydrogens (tertiary/aromatic N) is 1. The second kappa shape index (κ2) is 6.44. The Morgan fingerprint density at radius 1 is 1.11 bits per heavy atom. The van der Waals surface area contributed by atoms with Crippen LogP contribution in [0, 0.1) is 11.3 Å². The molecule has 0 spiro atoms. The van der Waals surface area contributed by atoms with Crippen molar-refractivity contribution in [3.8, 4) is 0 Å². The fourth-order valence-corrected chi connectivity index (χ4v) is 4.05. The van der Waals surface area contributed by atoms with Crippen molar-refractivity contribution in [1.29, 1.82) is 0 Å². The first kappa shape index (κ1) is 13.7. The molecule has 0 radical (unpaired) electrons. The van der Waals surface area contributed by atoms with Crippen LogP contribution in [0.5, 0.6) is 0 Å². The van der Waals surface area contributed by atoms with Gasteiger partial charge in [0, 0.05) is 13.6 Å². The van der Waals surface area contributed by atoms with Crippen molar-refractivity contribution in [3.05, 3.63) is 0 Å². The average molecular weight is 251 g/mol. The minimum Gasteiger partial charge on any atom is -0.370 e. The highest BCUT2D eigenvalue weighted by molar-refractivity contribution is 5.77. The number of nitrogens with one attached hydrogen (secondary N) is 1. The van der Waals surface area contributed by atoms with E-state index in [0.717, 1.165) is 12.5 Å². The maximum atomic E-state index is 5.82. The molecule has 0 aliphatic heterocycles. The van der Waals surface area contributed by atoms with Crippen molar-refractivity contribution >= 4 is 5.96 Å². The zero-order valence-corrected chi connectivity index (χ0v) is 11.9. The molecule has 2 aliphatic rings. The van der Waals surface area contributed by atoms with Crippen LogP contribution in [0.4, 0.5) is 0 Å². The maximum Gasteiger partial charge on any atom is 0.188 e. The topological polar surface area (TPSA) is 50.4 Å². The Kier molecular flexibility index (Phi) is 4.90. The van der Waals surface area contributed by atoms with Gasteiger partial charge in [-0.25, -0.2) is 0 Å². The predicted molar refractivity (Wildman–Crippen MR) is 77.6 cm³/mol. The monoisotopic (exact) mass is 251 g/mol. The van der Waals surface area contributed by atoms with Gasteiger partial charge in [-0.2, -0.15) is 0 Å². The van der Waals surface area contributed by atoms with Crippen molar-refractivity contribution in [3.63, 3.8) is 0 Å². The first-order valence-corrected chi connectivity index (χ1v) is 7.73. The molecule has 0 saturated heterocycles. The van der Waals surface area contributed by atoms with Gasteiger partial charge in [0.25, 0.3) is 0 Å². The third kappa shape index (κ3) is 3.18. The quantitative estimate of drug-likeness (QED) is 0.598. The molecule has 2 fully saturated rings. The lowest BCUT2D eigenvalue weighted by Crippen LogP contribution is -2.46. The molecular formula is C15H29N3. The standard InChI is InChI=1S/C15H29N3/c1-17-14(16)18-12-15(10-6-3-7-11-15)13-8-4-2-5-9-13/h13H,2-12H2,1H3,(H3,16,17,18). The fourth-order valence-electron chi connectivity index (χ4n) is 4.05. The van der Waals surface area contributed by atoms with E-state index in [2.05, 4.69) is 10.3 Å². The highest BCUT2D eigenvalue weighted by atomic mass is 15.1. The number of nitrogens with two attached hydrogens (primary N) is 1. The smallest absolute Gasteiger partial charge is 0.188 e. The van der Waals surface area contributed by atoms with Gasteiger partial charge in [-0.3, -0.25) is 4.99 Å². The molecule has 0 aromatic rings. The number of hydrogen-bond donors (Lipinski definition) is 2. The molecule has 3 N–H and O–H groups in total. The molecular weight excluding hydrogens is 222 g/mol. The Morgan fingerprint density at radius 2 is 1.72 bits per heavy atom. The van der Waals surface area contributed by atoms with E-state index in [1.165, 1.54) is 64.2 Å². The van der Waals surface area contributed by atoms with Gasteiger partial charge in [0.05, 0.1) is 0 Å². The van der Waals surface area contributed by atoms with Gasteiger partial charge in [-0.1, -0.05) is 38.5 Å². The average Bonchev–Trinajstić information content (AvgIpc) is 2.46. The molecule has 0 heterocycles. The molecule has 0 bridgehead atoms. The third-order valence-electron chi connectivity index (χ3n) is 5.18. The van der Waals surface area contributed by atoms with E-state index in [4.69, 9.17) is 5.73 Å². The zero-order valence-electron chi connectivity index (χ0n) is 11.9. The van der Waals surface area contributed by atoms with Gasteiger partial charge < -0.3 is 11.1 Å². The summed E-state index contributed by atoms with van der Waals surface area (Å²) in [4.78, 5) is 4.03. The number of rotatable bonds is 3. The van der Waals surface area contributed by atoms with Crippen molar-refractivity contribution in [2.24, 2.45) is 22.1 Å². The zero-order chi connectivity index (χ0) is 12.8. The minimum atomic E-state index is 0.508. The van der Waals surface area contributed by atoms with Gasteiger partial charge in [-0.15, -0.1) is 0 Å². The summed E-state index contributed by atoms with van der Waals surface area (Å²) in [6, 6.07) is 0. The largest absolute Gasteiger partial charge is 0.370 e. The van der Waals surface area contributed by atoms with Gasteiger partial charge in [0.15, 0.2) is 5.96 Å². The fraction of sp³-hybridized carbons (Fsp3) is 0.933. The summed E-state index contributed by atoms with van der Waals surface area (Å²) in [5, 5.41) is 3.37. The van der Waals surface area contributed by atoms with E-state index in [0.29, 0.717) is 11.4 Å². The lowest BCUT2D eigenvalue weighted by molar-refractivity contribution is 0.0713. The number of hydrogen-bond acceptors (Lipinski definition) is 1. The predicted octanol–water partition coefficient (Wildman–Crippen LogP) is 3.05. The van der Waals surface area contributed by atoms with E-state index in [9.17, 15) is 0 Å². The van der Waals surface area contributed by atoms with Gasteiger partial charge in [0.1, 0.15) is 0 Å². The van der Waals surface area contributed by atoms with Crippen LogP contribution in [0.1, 0.15) is 64.2 Å². The minimum absolute atomic E-state index is 0.508. The normalized spacial score (nSPS) is 25.9. The summed E-state index contributed by atoms with van der Waals surface area (Å²) >= 11 is 0. The van der Waals surface area contributed by atoms with E-state index in [-0.39, 0.29) is 0 Å². The van der Waals surface area contributed by atoms with Crippen LogP contribution in [0.2, 0.25) is 0 Å². The van der Waals surface area contributed by atoms with Crippen LogP contribution >= 0.6 is 0 Å². The van der Waals surface area contributed by atoms with Crippen molar-refractivity contribution in [2.75, 3.05) is 13.6 Å². The van der Waals surface area contributed by atoms with Gasteiger partial charge in [0.2, 0.25) is 0 Å². The molecule has 2 aliphatic carbocycles.